The van der Waals surface area contributed by atoms with Crippen molar-refractivity contribution in [2.24, 2.45) is 0 Å². The minimum atomic E-state index is 0.0556. The molecule has 2 rings (SSSR count). The number of nitrogens with one attached hydrogen (secondary N) is 1. The molecule has 0 atom stereocenters. The second-order valence-electron chi connectivity index (χ2n) is 5.19. The number of halogens is 1. The highest BCUT2D eigenvalue weighted by Gasteiger charge is 2.32. The third-order valence-electron chi connectivity index (χ3n) is 3.72. The lowest BCUT2D eigenvalue weighted by Crippen LogP contribution is -2.43. The Morgan fingerprint density at radius 3 is 2.44 bits per heavy atom. The smallest absolute Gasteiger partial charge is 0.0810 e. The van der Waals surface area contributed by atoms with E-state index in [4.69, 9.17) is 4.74 Å². The molecule has 0 amide bonds. The van der Waals surface area contributed by atoms with Gasteiger partial charge in [-0.25, -0.2) is 0 Å². The molecule has 0 unspecified atom stereocenters. The van der Waals surface area contributed by atoms with Gasteiger partial charge in [-0.05, 0) is 37.6 Å². The van der Waals surface area contributed by atoms with Gasteiger partial charge in [0.1, 0.15) is 0 Å². The molecule has 0 aliphatic heterocycles. The molecule has 0 aromatic heterocycles. The van der Waals surface area contributed by atoms with Crippen molar-refractivity contribution in [1.29, 1.82) is 0 Å². The van der Waals surface area contributed by atoms with Crippen molar-refractivity contribution >= 4 is 15.9 Å². The van der Waals surface area contributed by atoms with Gasteiger partial charge < -0.3 is 10.1 Å². The summed E-state index contributed by atoms with van der Waals surface area (Å²) >= 11 is 3.46. The maximum Gasteiger partial charge on any atom is 0.0810 e. The lowest BCUT2D eigenvalue weighted by Gasteiger charge is -2.37. The fourth-order valence-electron chi connectivity index (χ4n) is 2.71. The lowest BCUT2D eigenvalue weighted by atomic mass is 9.84. The van der Waals surface area contributed by atoms with Gasteiger partial charge in [-0.15, -0.1) is 0 Å². The van der Waals surface area contributed by atoms with Gasteiger partial charge in [-0.3, -0.25) is 0 Å². The van der Waals surface area contributed by atoms with E-state index in [1.165, 1.54) is 37.7 Å². The summed E-state index contributed by atoms with van der Waals surface area (Å²) in [6, 6.07) is 8.40. The van der Waals surface area contributed by atoms with Crippen molar-refractivity contribution in [2.45, 2.75) is 44.3 Å². The van der Waals surface area contributed by atoms with Crippen molar-refractivity contribution in [1.82, 2.24) is 5.32 Å². The number of hydrogen-bond donors (Lipinski definition) is 1. The average Bonchev–Trinajstić information content (AvgIpc) is 2.40. The lowest BCUT2D eigenvalue weighted by molar-refractivity contribution is -0.0775. The molecule has 1 fully saturated rings. The molecule has 1 aromatic carbocycles. The average molecular weight is 312 g/mol. The molecule has 0 saturated heterocycles. The van der Waals surface area contributed by atoms with Gasteiger partial charge in [-0.2, -0.15) is 0 Å². The first kappa shape index (κ1) is 14.0. The van der Waals surface area contributed by atoms with E-state index in [2.05, 4.69) is 45.5 Å². The molecule has 2 nitrogen and oxygen atoms in total. The van der Waals surface area contributed by atoms with Crippen molar-refractivity contribution in [3.05, 3.63) is 34.3 Å². The first-order valence-corrected chi connectivity index (χ1v) is 7.56. The van der Waals surface area contributed by atoms with E-state index in [-0.39, 0.29) is 5.60 Å². The minimum absolute atomic E-state index is 0.0556. The van der Waals surface area contributed by atoms with Gasteiger partial charge in [0.15, 0.2) is 0 Å². The van der Waals surface area contributed by atoms with Crippen molar-refractivity contribution in [3.8, 4) is 0 Å². The zero-order valence-corrected chi connectivity index (χ0v) is 12.6. The Bertz CT molecular complexity index is 352. The standard InChI is InChI=1S/C15H22BrNO/c1-17-12-15(9-3-2-4-10-15)18-11-13-5-7-14(16)8-6-13/h5-8,17H,2-4,9-12H2,1H3. The van der Waals surface area contributed by atoms with Crippen LogP contribution in [0.5, 0.6) is 0 Å². The highest BCUT2D eigenvalue weighted by Crippen LogP contribution is 2.32. The van der Waals surface area contributed by atoms with Gasteiger partial charge in [0.25, 0.3) is 0 Å². The molecule has 1 N–H and O–H groups in total. The molecule has 1 saturated carbocycles. The van der Waals surface area contributed by atoms with Crippen LogP contribution >= 0.6 is 15.9 Å². The van der Waals surface area contributed by atoms with E-state index in [9.17, 15) is 0 Å². The van der Waals surface area contributed by atoms with E-state index < -0.39 is 0 Å². The maximum absolute atomic E-state index is 6.26. The summed E-state index contributed by atoms with van der Waals surface area (Å²) < 4.78 is 7.38. The van der Waals surface area contributed by atoms with E-state index in [1.807, 2.05) is 7.05 Å². The number of benzene rings is 1. The second kappa shape index (κ2) is 6.69. The predicted molar refractivity (Wildman–Crippen MR) is 78.7 cm³/mol. The van der Waals surface area contributed by atoms with Gasteiger partial charge >= 0.3 is 0 Å². The monoisotopic (exact) mass is 311 g/mol. The number of hydrogen-bond acceptors (Lipinski definition) is 2. The summed E-state index contributed by atoms with van der Waals surface area (Å²) in [4.78, 5) is 0. The molecule has 0 spiro atoms. The molecule has 0 bridgehead atoms. The number of rotatable bonds is 5. The van der Waals surface area contributed by atoms with E-state index in [0.717, 1.165) is 17.6 Å². The third-order valence-corrected chi connectivity index (χ3v) is 4.25. The van der Waals surface area contributed by atoms with Crippen LogP contribution in [-0.4, -0.2) is 19.2 Å². The number of ether oxygens (including phenoxy) is 1. The van der Waals surface area contributed by atoms with Crippen LogP contribution in [0.3, 0.4) is 0 Å². The first-order chi connectivity index (χ1) is 8.74. The zero-order valence-electron chi connectivity index (χ0n) is 11.0. The minimum Gasteiger partial charge on any atom is -0.369 e. The van der Waals surface area contributed by atoms with Crippen LogP contribution in [0.15, 0.2) is 28.7 Å². The Hall–Kier alpha value is -0.380. The third kappa shape index (κ3) is 3.81. The molecule has 0 radical (unpaired) electrons. The zero-order chi connectivity index (χ0) is 12.8. The normalized spacial score (nSPS) is 18.8. The Balaban J connectivity index is 1.94. The first-order valence-electron chi connectivity index (χ1n) is 6.77. The van der Waals surface area contributed by atoms with Crippen molar-refractivity contribution < 1.29 is 4.74 Å². The SMILES string of the molecule is CNCC1(OCc2ccc(Br)cc2)CCCCC1. The second-order valence-corrected chi connectivity index (χ2v) is 6.10. The van der Waals surface area contributed by atoms with Crippen LogP contribution in [-0.2, 0) is 11.3 Å². The molecule has 3 heteroatoms. The largest absolute Gasteiger partial charge is 0.369 e. The Morgan fingerprint density at radius 2 is 1.83 bits per heavy atom. The quantitative estimate of drug-likeness (QED) is 0.890. The van der Waals surface area contributed by atoms with Crippen LogP contribution in [0.4, 0.5) is 0 Å². The fraction of sp³-hybridized carbons (Fsp3) is 0.600. The molecule has 1 aromatic rings. The molecule has 1 aliphatic rings. The van der Waals surface area contributed by atoms with E-state index >= 15 is 0 Å². The molecule has 1 aliphatic carbocycles. The molecular formula is C15H22BrNO. The van der Waals surface area contributed by atoms with Crippen LogP contribution in [0.1, 0.15) is 37.7 Å². The Labute approximate surface area is 118 Å². The fourth-order valence-corrected chi connectivity index (χ4v) is 2.97. The van der Waals surface area contributed by atoms with Crippen molar-refractivity contribution in [2.75, 3.05) is 13.6 Å². The van der Waals surface area contributed by atoms with Gasteiger partial charge in [0, 0.05) is 11.0 Å². The van der Waals surface area contributed by atoms with Gasteiger partial charge in [-0.1, -0.05) is 47.3 Å². The van der Waals surface area contributed by atoms with Crippen molar-refractivity contribution in [3.63, 3.8) is 0 Å². The van der Waals surface area contributed by atoms with Crippen LogP contribution < -0.4 is 5.32 Å². The molecule has 18 heavy (non-hydrogen) atoms. The maximum atomic E-state index is 6.26. The summed E-state index contributed by atoms with van der Waals surface area (Å²) in [6.07, 6.45) is 6.31. The Morgan fingerprint density at radius 1 is 1.17 bits per heavy atom. The molecule has 0 heterocycles. The summed E-state index contributed by atoms with van der Waals surface area (Å²) in [5.41, 5.74) is 1.30. The van der Waals surface area contributed by atoms with E-state index in [0.29, 0.717) is 0 Å². The number of likely N-dealkylation sites (N-methyl/N-ethyl adjacent to an activating group) is 1. The van der Waals surface area contributed by atoms with Crippen LogP contribution in [0.2, 0.25) is 0 Å². The predicted octanol–water partition coefficient (Wildman–Crippen LogP) is 3.89. The Kier molecular flexibility index (Phi) is 5.22. The van der Waals surface area contributed by atoms with Crippen LogP contribution in [0.25, 0.3) is 0 Å². The molecule has 100 valence electrons. The summed E-state index contributed by atoms with van der Waals surface area (Å²) in [5.74, 6) is 0. The summed E-state index contributed by atoms with van der Waals surface area (Å²) in [7, 11) is 2.01. The van der Waals surface area contributed by atoms with Gasteiger partial charge in [0.2, 0.25) is 0 Å². The van der Waals surface area contributed by atoms with Crippen LogP contribution in [0, 0.1) is 0 Å². The topological polar surface area (TPSA) is 21.3 Å². The van der Waals surface area contributed by atoms with Gasteiger partial charge in [0.05, 0.1) is 12.2 Å². The summed E-state index contributed by atoms with van der Waals surface area (Å²) in [5, 5.41) is 3.29. The summed E-state index contributed by atoms with van der Waals surface area (Å²) in [6.45, 7) is 1.68. The highest BCUT2D eigenvalue weighted by atomic mass is 79.9. The molecular weight excluding hydrogens is 290 g/mol. The van der Waals surface area contributed by atoms with E-state index in [1.54, 1.807) is 0 Å². The highest BCUT2D eigenvalue weighted by molar-refractivity contribution is 9.10.